The van der Waals surface area contributed by atoms with Gasteiger partial charge in [0.15, 0.2) is 17.1 Å². The van der Waals surface area contributed by atoms with Crippen LogP contribution in [0.5, 0.6) is 0 Å². The highest BCUT2D eigenvalue weighted by molar-refractivity contribution is 7.99. The van der Waals surface area contributed by atoms with Crippen LogP contribution in [0.25, 0.3) is 11.6 Å². The predicted molar refractivity (Wildman–Crippen MR) is 158 cm³/mol. The molecule has 3 N–H and O–H groups in total. The minimum absolute atomic E-state index is 0.0392. The molecule has 0 saturated carbocycles. The Kier molecular flexibility index (Phi) is 8.35. The normalized spacial score (nSPS) is 22.2. The number of carbonyl (C=O) groups excluding carboxylic acids is 3. The molecule has 3 aromatic rings. The quantitative estimate of drug-likeness (QED) is 0.354. The van der Waals surface area contributed by atoms with Crippen LogP contribution in [0, 0.1) is 22.7 Å². The summed E-state index contributed by atoms with van der Waals surface area (Å²) in [4.78, 5) is 48.9. The second-order valence-corrected chi connectivity index (χ2v) is 13.6. The van der Waals surface area contributed by atoms with Gasteiger partial charge in [0.1, 0.15) is 29.9 Å². The van der Waals surface area contributed by atoms with Crippen LogP contribution < -0.4 is 10.6 Å². The fourth-order valence-electron chi connectivity index (χ4n) is 5.39. The number of carbonyl (C=O) groups is 3. The first-order chi connectivity index (χ1) is 20.8. The number of aliphatic hydroxyl groups is 1. The lowest BCUT2D eigenvalue weighted by Gasteiger charge is -2.34. The monoisotopic (exact) mass is 621 g/mol. The lowest BCUT2D eigenvalue weighted by atomic mass is 9.75. The Morgan fingerprint density at radius 2 is 2.05 bits per heavy atom. The lowest BCUT2D eigenvalue weighted by Crippen LogP contribution is -2.53. The van der Waals surface area contributed by atoms with Crippen molar-refractivity contribution in [1.29, 1.82) is 5.26 Å². The van der Waals surface area contributed by atoms with E-state index in [0.29, 0.717) is 23.3 Å². The van der Waals surface area contributed by atoms with Gasteiger partial charge in [0, 0.05) is 17.1 Å². The van der Waals surface area contributed by atoms with Gasteiger partial charge in [-0.05, 0) is 34.9 Å². The van der Waals surface area contributed by atoms with Crippen molar-refractivity contribution in [2.45, 2.75) is 76.0 Å². The van der Waals surface area contributed by atoms with E-state index in [1.54, 1.807) is 25.6 Å². The van der Waals surface area contributed by atoms with Gasteiger partial charge in [-0.15, -0.1) is 11.8 Å². The Hall–Kier alpha value is -4.15. The second kappa shape index (κ2) is 11.7. The van der Waals surface area contributed by atoms with Gasteiger partial charge in [-0.3, -0.25) is 9.59 Å². The summed E-state index contributed by atoms with van der Waals surface area (Å²) in [5.41, 5.74) is -0.545. The van der Waals surface area contributed by atoms with E-state index >= 15 is 0 Å². The largest absolute Gasteiger partial charge is 0.464 e. The first-order valence-corrected chi connectivity index (χ1v) is 15.3. The van der Waals surface area contributed by atoms with Crippen molar-refractivity contribution >= 4 is 29.5 Å². The third-order valence-electron chi connectivity index (χ3n) is 7.93. The number of aromatic nitrogens is 2. The summed E-state index contributed by atoms with van der Waals surface area (Å²) >= 11 is 1.60. The Morgan fingerprint density at radius 3 is 2.70 bits per heavy atom. The number of hydrogen-bond donors (Lipinski definition) is 3. The van der Waals surface area contributed by atoms with Crippen LogP contribution in [0.1, 0.15) is 80.3 Å². The number of aliphatic hydroxyl groups excluding tert-OH is 1. The Bertz CT molecular complexity index is 1650. The molecular formula is C31H35N5O7S. The van der Waals surface area contributed by atoms with Crippen LogP contribution in [0.15, 0.2) is 38.2 Å². The van der Waals surface area contributed by atoms with Gasteiger partial charge in [-0.2, -0.15) is 5.26 Å². The number of amides is 2. The Labute approximate surface area is 259 Å². The average molecular weight is 622 g/mol. The zero-order valence-corrected chi connectivity index (χ0v) is 26.2. The second-order valence-electron chi connectivity index (χ2n) is 12.5. The molecule has 0 unspecified atom stereocenters. The van der Waals surface area contributed by atoms with Crippen LogP contribution in [0.4, 0.5) is 0 Å². The van der Waals surface area contributed by atoms with E-state index in [1.165, 1.54) is 7.11 Å². The summed E-state index contributed by atoms with van der Waals surface area (Å²) in [7, 11) is 1.23. The highest BCUT2D eigenvalue weighted by Crippen LogP contribution is 2.50. The maximum atomic E-state index is 13.9. The van der Waals surface area contributed by atoms with Gasteiger partial charge >= 0.3 is 5.97 Å². The molecule has 4 bridgehead atoms. The number of hydrogen-bond acceptors (Lipinski definition) is 11. The summed E-state index contributed by atoms with van der Waals surface area (Å²) in [5.74, 6) is -1.35. The molecule has 0 saturated heterocycles. The average Bonchev–Trinajstić information content (AvgIpc) is 3.65. The molecule has 4 atom stereocenters. The van der Waals surface area contributed by atoms with Crippen molar-refractivity contribution in [2.24, 2.45) is 11.3 Å². The maximum absolute atomic E-state index is 13.9. The van der Waals surface area contributed by atoms with E-state index in [4.69, 9.17) is 18.6 Å². The number of oxazole rings is 2. The van der Waals surface area contributed by atoms with Gasteiger partial charge in [-0.25, -0.2) is 14.8 Å². The third-order valence-corrected chi connectivity index (χ3v) is 9.01. The summed E-state index contributed by atoms with van der Waals surface area (Å²) in [6.45, 7) is 9.10. The summed E-state index contributed by atoms with van der Waals surface area (Å²) < 4.78 is 17.0. The molecule has 2 aromatic heterocycles. The molecule has 2 amide bonds. The number of thioether (sulfide) groups is 1. The van der Waals surface area contributed by atoms with E-state index in [1.807, 2.05) is 39.0 Å². The van der Waals surface area contributed by atoms with Crippen molar-refractivity contribution in [3.05, 3.63) is 52.9 Å². The summed E-state index contributed by atoms with van der Waals surface area (Å²) in [5, 5.41) is 27.0. The number of fused-ring (bicyclic) bond motifs is 4. The molecule has 12 nitrogen and oxygen atoms in total. The number of nitriles is 1. The summed E-state index contributed by atoms with van der Waals surface area (Å²) in [6.07, 6.45) is 0.336. The number of benzene rings is 1. The van der Waals surface area contributed by atoms with Crippen LogP contribution in [0.2, 0.25) is 0 Å². The fourth-order valence-corrected chi connectivity index (χ4v) is 6.57. The third kappa shape index (κ3) is 5.59. The Morgan fingerprint density at radius 1 is 1.30 bits per heavy atom. The zero-order chi connectivity index (χ0) is 32.0. The first-order valence-electron chi connectivity index (χ1n) is 14.3. The van der Waals surface area contributed by atoms with Gasteiger partial charge in [0.05, 0.1) is 13.2 Å². The van der Waals surface area contributed by atoms with Gasteiger partial charge in [-0.1, -0.05) is 46.8 Å². The van der Waals surface area contributed by atoms with E-state index < -0.39 is 46.8 Å². The van der Waals surface area contributed by atoms with Crippen molar-refractivity contribution in [1.82, 2.24) is 20.6 Å². The van der Waals surface area contributed by atoms with E-state index in [9.17, 15) is 24.8 Å². The lowest BCUT2D eigenvalue weighted by molar-refractivity contribution is -0.136. The van der Waals surface area contributed by atoms with Crippen molar-refractivity contribution in [3.8, 4) is 17.7 Å². The zero-order valence-electron chi connectivity index (χ0n) is 25.4. The first kappa shape index (κ1) is 31.3. The number of rotatable bonds is 5. The van der Waals surface area contributed by atoms with Gasteiger partial charge < -0.3 is 29.3 Å². The number of esters is 1. The minimum atomic E-state index is -1.31. The maximum Gasteiger partial charge on any atom is 0.360 e. The number of nitrogens with one attached hydrogen (secondary N) is 2. The molecule has 5 rings (SSSR count). The molecule has 0 fully saturated rings. The predicted octanol–water partition coefficient (Wildman–Crippen LogP) is 3.68. The van der Waals surface area contributed by atoms with Crippen molar-refractivity contribution in [3.63, 3.8) is 0 Å². The topological polar surface area (TPSA) is 181 Å². The number of methoxy groups -OCH3 is 1. The molecule has 2 aliphatic rings. The van der Waals surface area contributed by atoms with E-state index in [0.717, 1.165) is 11.2 Å². The molecule has 1 aromatic carbocycles. The molecule has 232 valence electrons. The molecule has 2 aliphatic heterocycles. The molecule has 4 heterocycles. The number of ether oxygens (including phenoxy) is 1. The molecule has 0 radical (unpaired) electrons. The van der Waals surface area contributed by atoms with Crippen LogP contribution >= 0.6 is 11.8 Å². The smallest absolute Gasteiger partial charge is 0.360 e. The minimum Gasteiger partial charge on any atom is -0.464 e. The van der Waals surface area contributed by atoms with Crippen molar-refractivity contribution < 1.29 is 33.1 Å². The van der Waals surface area contributed by atoms with Crippen LogP contribution in [-0.2, 0) is 26.2 Å². The van der Waals surface area contributed by atoms with Gasteiger partial charge in [0.2, 0.25) is 23.6 Å². The highest BCUT2D eigenvalue weighted by atomic mass is 32.2. The summed E-state index contributed by atoms with van der Waals surface area (Å²) in [6, 6.07) is 6.23. The molecule has 44 heavy (non-hydrogen) atoms. The highest BCUT2D eigenvalue weighted by Gasteiger charge is 2.48. The van der Waals surface area contributed by atoms with E-state index in [2.05, 4.69) is 21.7 Å². The van der Waals surface area contributed by atoms with Crippen molar-refractivity contribution in [2.75, 3.05) is 12.9 Å². The fraction of sp³-hybridized carbons (Fsp3) is 0.484. The van der Waals surface area contributed by atoms with Crippen LogP contribution in [-0.4, -0.2) is 57.9 Å². The number of nitrogens with zero attached hydrogens (tertiary/aromatic N) is 3. The SMILES string of the molecule is COC(=O)c1coc(-c2nc3oc2[C@@]2(C#N)CCSc4ccc(cc42)C[C@H](NC(=O)[C@@H](O)C(C)C)C(=O)N[C@H]3C(C)(C)C)n1. The molecular weight excluding hydrogens is 586 g/mol. The van der Waals surface area contributed by atoms with Crippen LogP contribution in [0.3, 0.4) is 0 Å². The molecule has 13 heteroatoms. The molecule has 0 spiro atoms. The van der Waals surface area contributed by atoms with Gasteiger partial charge in [0.25, 0.3) is 0 Å². The molecule has 0 aliphatic carbocycles. The Balaban J connectivity index is 1.74. The van der Waals surface area contributed by atoms with E-state index in [-0.39, 0.29) is 41.3 Å². The standard InChI is InChI=1S/C31H35N5O7S/c1-15(2)22(37)26(39)33-18-12-16-7-8-20-17(11-16)31(14-32,9-10-44-20)24-21(27-34-19(13-42-27)29(40)41-6)35-28(43-24)23(30(3,4)5)36-25(18)38/h7-8,11,13,15,18,22-23,37H,9-10,12H2,1-6H3,(H,33,39)(H,36,38)/t18-,22-,23+,31+/m0/s1.